The van der Waals surface area contributed by atoms with Gasteiger partial charge in [0.05, 0.1) is 23.0 Å². The molecule has 1 fully saturated rings. The molecule has 110 valence electrons. The van der Waals surface area contributed by atoms with Crippen molar-refractivity contribution in [3.8, 4) is 5.75 Å². The van der Waals surface area contributed by atoms with Crippen LogP contribution in [0.2, 0.25) is 0 Å². The lowest BCUT2D eigenvalue weighted by Gasteiger charge is -2.32. The van der Waals surface area contributed by atoms with Crippen molar-refractivity contribution in [1.82, 2.24) is 9.88 Å². The highest BCUT2D eigenvalue weighted by Gasteiger charge is 2.52. The molecule has 1 aliphatic rings. The monoisotopic (exact) mass is 278 g/mol. The Labute approximate surface area is 121 Å². The number of pyridine rings is 1. The molecule has 2 heterocycles. The molecular formula is C14H23BN2O3. The quantitative estimate of drug-likeness (QED) is 0.840. The van der Waals surface area contributed by atoms with E-state index in [1.807, 2.05) is 46.7 Å². The van der Waals surface area contributed by atoms with Crippen molar-refractivity contribution < 1.29 is 14.4 Å². The molecule has 0 amide bonds. The van der Waals surface area contributed by atoms with E-state index in [-0.39, 0.29) is 5.75 Å². The zero-order valence-electron chi connectivity index (χ0n) is 13.1. The Kier molecular flexibility index (Phi) is 3.84. The number of hydrogen-bond acceptors (Lipinski definition) is 5. The number of rotatable bonds is 3. The Morgan fingerprint density at radius 3 is 2.25 bits per heavy atom. The van der Waals surface area contributed by atoms with Crippen LogP contribution >= 0.6 is 0 Å². The van der Waals surface area contributed by atoms with Crippen LogP contribution in [-0.2, 0) is 15.9 Å². The molecule has 6 heteroatoms. The van der Waals surface area contributed by atoms with E-state index in [2.05, 4.69) is 4.98 Å². The molecule has 0 aromatic carbocycles. The van der Waals surface area contributed by atoms with E-state index in [0.29, 0.717) is 6.54 Å². The zero-order valence-corrected chi connectivity index (χ0v) is 13.1. The summed E-state index contributed by atoms with van der Waals surface area (Å²) < 4.78 is 12.1. The first-order valence-electron chi connectivity index (χ1n) is 6.80. The molecule has 0 spiro atoms. The molecule has 0 aliphatic carbocycles. The van der Waals surface area contributed by atoms with Gasteiger partial charge in [0.15, 0.2) is 0 Å². The molecule has 1 N–H and O–H groups in total. The van der Waals surface area contributed by atoms with Crippen LogP contribution in [0.4, 0.5) is 0 Å². The van der Waals surface area contributed by atoms with Crippen LogP contribution in [0.15, 0.2) is 12.3 Å². The van der Waals surface area contributed by atoms with Crippen LogP contribution in [0.5, 0.6) is 5.75 Å². The molecule has 0 unspecified atom stereocenters. The minimum atomic E-state index is -0.504. The molecule has 1 aromatic rings. The molecular weight excluding hydrogens is 255 g/mol. The van der Waals surface area contributed by atoms with E-state index in [1.165, 1.54) is 6.20 Å². The van der Waals surface area contributed by atoms with Gasteiger partial charge in [-0.2, -0.15) is 0 Å². The first-order chi connectivity index (χ1) is 9.12. The molecule has 0 radical (unpaired) electrons. The summed E-state index contributed by atoms with van der Waals surface area (Å²) in [6.07, 6.45) is 1.43. The van der Waals surface area contributed by atoms with E-state index in [9.17, 15) is 5.11 Å². The van der Waals surface area contributed by atoms with Crippen molar-refractivity contribution >= 4 is 12.7 Å². The highest BCUT2D eigenvalue weighted by Crippen LogP contribution is 2.36. The number of aromatic nitrogens is 1. The summed E-state index contributed by atoms with van der Waals surface area (Å²) in [4.78, 5) is 6.34. The third kappa shape index (κ3) is 2.82. The molecule has 0 saturated carbocycles. The average molecular weight is 278 g/mol. The fourth-order valence-electron chi connectivity index (χ4n) is 2.14. The van der Waals surface area contributed by atoms with Gasteiger partial charge in [-0.3, -0.25) is 4.98 Å². The van der Waals surface area contributed by atoms with E-state index in [1.54, 1.807) is 6.07 Å². The molecule has 2 rings (SSSR count). The first kappa shape index (κ1) is 15.3. The average Bonchev–Trinajstić information content (AvgIpc) is 2.46. The molecule has 0 atom stereocenters. The third-order valence-corrected chi connectivity index (χ3v) is 3.95. The predicted molar refractivity (Wildman–Crippen MR) is 79.0 cm³/mol. The van der Waals surface area contributed by atoms with Crippen LogP contribution in [0.1, 0.15) is 33.3 Å². The molecule has 20 heavy (non-hydrogen) atoms. The number of aromatic hydroxyl groups is 1. The summed E-state index contributed by atoms with van der Waals surface area (Å²) in [6.45, 7) is 8.72. The van der Waals surface area contributed by atoms with Crippen LogP contribution in [-0.4, -0.2) is 47.4 Å². The summed E-state index contributed by atoms with van der Waals surface area (Å²) in [5.41, 5.74) is 0.850. The fourth-order valence-corrected chi connectivity index (χ4v) is 2.14. The Hall–Kier alpha value is -1.11. The van der Waals surface area contributed by atoms with Gasteiger partial charge in [0.1, 0.15) is 5.75 Å². The van der Waals surface area contributed by atoms with Crippen molar-refractivity contribution in [2.45, 2.75) is 45.4 Å². The largest absolute Gasteiger partial charge is 0.514 e. The molecule has 5 nitrogen and oxygen atoms in total. The van der Waals surface area contributed by atoms with E-state index in [0.717, 1.165) is 11.2 Å². The summed E-state index contributed by atoms with van der Waals surface area (Å²) in [5.74, 6) is 0.155. The minimum absolute atomic E-state index is 0.155. The van der Waals surface area contributed by atoms with Gasteiger partial charge in [-0.25, -0.2) is 0 Å². The highest BCUT2D eigenvalue weighted by molar-refractivity contribution is 6.61. The SMILES string of the molecule is CN(C)Cc1cc(O)cnc1B1OC(C)(C)C(C)(C)O1. The topological polar surface area (TPSA) is 54.8 Å². The first-order valence-corrected chi connectivity index (χ1v) is 6.80. The van der Waals surface area contributed by atoms with Crippen LogP contribution < -0.4 is 5.59 Å². The lowest BCUT2D eigenvalue weighted by molar-refractivity contribution is 0.00578. The second-order valence-electron chi connectivity index (χ2n) is 6.56. The number of hydrogen-bond donors (Lipinski definition) is 1. The maximum Gasteiger partial charge on any atom is 0.514 e. The van der Waals surface area contributed by atoms with E-state index in [4.69, 9.17) is 9.31 Å². The number of nitrogens with zero attached hydrogens (tertiary/aromatic N) is 2. The van der Waals surface area contributed by atoms with Gasteiger partial charge >= 0.3 is 7.12 Å². The molecule has 1 aromatic heterocycles. The smallest absolute Gasteiger partial charge is 0.506 e. The Morgan fingerprint density at radius 2 is 1.75 bits per heavy atom. The summed E-state index contributed by atoms with van der Waals surface area (Å²) in [5, 5.41) is 9.64. The zero-order chi connectivity index (χ0) is 15.1. The lowest BCUT2D eigenvalue weighted by atomic mass is 9.80. The van der Waals surface area contributed by atoms with Crippen molar-refractivity contribution in [1.29, 1.82) is 0 Å². The molecule has 1 aliphatic heterocycles. The summed E-state index contributed by atoms with van der Waals surface area (Å²) >= 11 is 0. The Morgan fingerprint density at radius 1 is 1.20 bits per heavy atom. The van der Waals surface area contributed by atoms with Crippen molar-refractivity contribution in [2.75, 3.05) is 14.1 Å². The second-order valence-corrected chi connectivity index (χ2v) is 6.56. The normalized spacial score (nSPS) is 20.6. The van der Waals surface area contributed by atoms with E-state index >= 15 is 0 Å². The van der Waals surface area contributed by atoms with E-state index < -0.39 is 18.3 Å². The van der Waals surface area contributed by atoms with Gasteiger partial charge in [0.25, 0.3) is 0 Å². The lowest BCUT2D eigenvalue weighted by Crippen LogP contribution is -2.41. The van der Waals surface area contributed by atoms with Gasteiger partial charge in [-0.05, 0) is 53.4 Å². The van der Waals surface area contributed by atoms with Crippen molar-refractivity contribution in [3.05, 3.63) is 17.8 Å². The second kappa shape index (κ2) is 5.02. The molecule has 0 bridgehead atoms. The van der Waals surface area contributed by atoms with Crippen LogP contribution in [0, 0.1) is 0 Å². The highest BCUT2D eigenvalue weighted by atomic mass is 16.7. The van der Waals surface area contributed by atoms with Gasteiger partial charge in [-0.15, -0.1) is 0 Å². The summed E-state index contributed by atoms with van der Waals surface area (Å²) in [6, 6.07) is 1.72. The third-order valence-electron chi connectivity index (χ3n) is 3.95. The van der Waals surface area contributed by atoms with Gasteiger partial charge < -0.3 is 19.3 Å². The maximum absolute atomic E-state index is 9.64. The maximum atomic E-state index is 9.64. The van der Waals surface area contributed by atoms with Crippen molar-refractivity contribution in [3.63, 3.8) is 0 Å². The van der Waals surface area contributed by atoms with Gasteiger partial charge in [0, 0.05) is 6.54 Å². The van der Waals surface area contributed by atoms with Crippen LogP contribution in [0.25, 0.3) is 0 Å². The standard InChI is InChI=1S/C14H23BN2O3/c1-13(2)14(3,4)20-15(19-13)12-10(9-17(5)6)7-11(18)8-16-12/h7-8,18H,9H2,1-6H3. The molecule has 1 saturated heterocycles. The van der Waals surface area contributed by atoms with Gasteiger partial charge in [0.2, 0.25) is 0 Å². The fraction of sp³-hybridized carbons (Fsp3) is 0.643. The van der Waals surface area contributed by atoms with Crippen molar-refractivity contribution in [2.24, 2.45) is 0 Å². The van der Waals surface area contributed by atoms with Crippen LogP contribution in [0.3, 0.4) is 0 Å². The Bertz CT molecular complexity index is 487. The van der Waals surface area contributed by atoms with Gasteiger partial charge in [-0.1, -0.05) is 0 Å². The minimum Gasteiger partial charge on any atom is -0.506 e. The predicted octanol–water partition coefficient (Wildman–Crippen LogP) is 1.15. The Balaban J connectivity index is 2.34. The summed E-state index contributed by atoms with van der Waals surface area (Å²) in [7, 11) is 3.44.